The van der Waals surface area contributed by atoms with Crippen molar-refractivity contribution in [1.29, 1.82) is 0 Å². The third kappa shape index (κ3) is 2.85. The molecule has 100 valence electrons. The number of nitrogens with two attached hydrogens (primary N) is 1. The predicted octanol–water partition coefficient (Wildman–Crippen LogP) is 2.28. The molecule has 1 aromatic heterocycles. The van der Waals surface area contributed by atoms with Crippen LogP contribution in [0.15, 0.2) is 24.5 Å². The molecular weight excluding hydrogens is 282 g/mol. The SMILES string of the molecule is CC(Nc1cccc(Cl)c1C(N)=S)c1nncn1C. The molecule has 0 spiro atoms. The first kappa shape index (κ1) is 13.8. The standard InChI is InChI=1S/C12H14ClN5S/c1-7(12-17-15-6-18(12)2)16-9-5-3-4-8(13)10(9)11(14)19/h3-7,16H,1-2H3,(H2,14,19). The number of rotatable bonds is 4. The minimum Gasteiger partial charge on any atom is -0.389 e. The van der Waals surface area contributed by atoms with Crippen molar-refractivity contribution in [2.24, 2.45) is 12.8 Å². The molecule has 5 nitrogen and oxygen atoms in total. The number of benzene rings is 1. The zero-order valence-electron chi connectivity index (χ0n) is 10.6. The molecule has 0 saturated carbocycles. The lowest BCUT2D eigenvalue weighted by Crippen LogP contribution is -2.17. The second-order valence-electron chi connectivity index (χ2n) is 4.19. The number of halogens is 1. The molecule has 0 aliphatic heterocycles. The Morgan fingerprint density at radius 1 is 1.53 bits per heavy atom. The summed E-state index contributed by atoms with van der Waals surface area (Å²) in [6, 6.07) is 5.44. The van der Waals surface area contributed by atoms with Crippen LogP contribution >= 0.6 is 23.8 Å². The summed E-state index contributed by atoms with van der Waals surface area (Å²) in [7, 11) is 1.89. The molecule has 1 aromatic carbocycles. The molecule has 0 radical (unpaired) electrons. The van der Waals surface area contributed by atoms with Crippen molar-refractivity contribution in [2.75, 3.05) is 5.32 Å². The summed E-state index contributed by atoms with van der Waals surface area (Å²) in [5.41, 5.74) is 7.15. The number of hydrogen-bond donors (Lipinski definition) is 2. The summed E-state index contributed by atoms with van der Waals surface area (Å²) < 4.78 is 1.85. The summed E-state index contributed by atoms with van der Waals surface area (Å²) in [4.78, 5) is 0.262. The molecule has 7 heteroatoms. The Bertz CT molecular complexity index is 610. The molecule has 0 aliphatic carbocycles. The molecule has 1 heterocycles. The smallest absolute Gasteiger partial charge is 0.154 e. The fourth-order valence-electron chi connectivity index (χ4n) is 1.88. The molecule has 2 rings (SSSR count). The summed E-state index contributed by atoms with van der Waals surface area (Å²) in [6.07, 6.45) is 1.65. The topological polar surface area (TPSA) is 68.8 Å². The molecule has 1 atom stereocenters. The van der Waals surface area contributed by atoms with E-state index in [1.807, 2.05) is 30.7 Å². The largest absolute Gasteiger partial charge is 0.389 e. The van der Waals surface area contributed by atoms with Gasteiger partial charge in [-0.1, -0.05) is 29.9 Å². The van der Waals surface area contributed by atoms with E-state index < -0.39 is 0 Å². The monoisotopic (exact) mass is 295 g/mol. The molecule has 0 aliphatic rings. The van der Waals surface area contributed by atoms with Crippen LogP contribution in [0.1, 0.15) is 24.4 Å². The van der Waals surface area contributed by atoms with E-state index in [9.17, 15) is 0 Å². The Balaban J connectivity index is 2.32. The molecule has 0 fully saturated rings. The molecule has 0 amide bonds. The van der Waals surface area contributed by atoms with Gasteiger partial charge in [0.05, 0.1) is 16.6 Å². The normalized spacial score (nSPS) is 12.2. The summed E-state index contributed by atoms with van der Waals surface area (Å²) in [5.74, 6) is 0.814. The summed E-state index contributed by atoms with van der Waals surface area (Å²) >= 11 is 11.2. The molecule has 3 N–H and O–H groups in total. The van der Waals surface area contributed by atoms with Crippen molar-refractivity contribution in [3.05, 3.63) is 40.9 Å². The van der Waals surface area contributed by atoms with Crippen LogP contribution in [0.4, 0.5) is 5.69 Å². The molecule has 1 unspecified atom stereocenters. The maximum atomic E-state index is 6.12. The number of nitrogens with zero attached hydrogens (tertiary/aromatic N) is 3. The van der Waals surface area contributed by atoms with Gasteiger partial charge in [-0.25, -0.2) is 0 Å². The number of anilines is 1. The van der Waals surface area contributed by atoms with Gasteiger partial charge in [-0.3, -0.25) is 0 Å². The van der Waals surface area contributed by atoms with Crippen LogP contribution < -0.4 is 11.1 Å². The zero-order valence-corrected chi connectivity index (χ0v) is 12.2. The molecule has 0 bridgehead atoms. The first-order valence-corrected chi connectivity index (χ1v) is 6.48. The number of hydrogen-bond acceptors (Lipinski definition) is 4. The summed E-state index contributed by atoms with van der Waals surface area (Å²) in [6.45, 7) is 1.98. The van der Waals surface area contributed by atoms with Crippen molar-refractivity contribution in [2.45, 2.75) is 13.0 Å². The van der Waals surface area contributed by atoms with Gasteiger partial charge in [0.2, 0.25) is 0 Å². The van der Waals surface area contributed by atoms with Gasteiger partial charge in [0.25, 0.3) is 0 Å². The highest BCUT2D eigenvalue weighted by molar-refractivity contribution is 7.80. The Labute approximate surface area is 121 Å². The van der Waals surface area contributed by atoms with Crippen LogP contribution in [0.2, 0.25) is 5.02 Å². The van der Waals surface area contributed by atoms with Gasteiger partial charge in [0.1, 0.15) is 11.3 Å². The van der Waals surface area contributed by atoms with Crippen LogP contribution in [0.3, 0.4) is 0 Å². The van der Waals surface area contributed by atoms with Gasteiger partial charge in [-0.15, -0.1) is 10.2 Å². The van der Waals surface area contributed by atoms with E-state index in [0.29, 0.717) is 10.6 Å². The van der Waals surface area contributed by atoms with Crippen LogP contribution in [0.5, 0.6) is 0 Å². The van der Waals surface area contributed by atoms with E-state index >= 15 is 0 Å². The van der Waals surface area contributed by atoms with Crippen molar-refractivity contribution in [1.82, 2.24) is 14.8 Å². The molecule has 2 aromatic rings. The molecular formula is C12H14ClN5S. The van der Waals surface area contributed by atoms with E-state index in [2.05, 4.69) is 15.5 Å². The van der Waals surface area contributed by atoms with Gasteiger partial charge in [-0.2, -0.15) is 0 Å². The third-order valence-electron chi connectivity index (χ3n) is 2.77. The van der Waals surface area contributed by atoms with Gasteiger partial charge in [-0.05, 0) is 19.1 Å². The lowest BCUT2D eigenvalue weighted by molar-refractivity contribution is 0.719. The zero-order chi connectivity index (χ0) is 14.0. The third-order valence-corrected chi connectivity index (χ3v) is 3.28. The number of aryl methyl sites for hydroxylation is 1. The predicted molar refractivity (Wildman–Crippen MR) is 80.4 cm³/mol. The van der Waals surface area contributed by atoms with E-state index in [1.54, 1.807) is 12.4 Å². The maximum absolute atomic E-state index is 6.12. The van der Waals surface area contributed by atoms with Crippen LogP contribution in [-0.2, 0) is 7.05 Å². The van der Waals surface area contributed by atoms with E-state index in [0.717, 1.165) is 11.5 Å². The Morgan fingerprint density at radius 2 is 2.26 bits per heavy atom. The Kier molecular flexibility index (Phi) is 4.01. The van der Waals surface area contributed by atoms with Gasteiger partial charge >= 0.3 is 0 Å². The van der Waals surface area contributed by atoms with Gasteiger partial charge < -0.3 is 15.6 Å². The second-order valence-corrected chi connectivity index (χ2v) is 5.04. The van der Waals surface area contributed by atoms with E-state index in [4.69, 9.17) is 29.6 Å². The minimum absolute atomic E-state index is 0.0425. The summed E-state index contributed by atoms with van der Waals surface area (Å²) in [5, 5.41) is 11.7. The highest BCUT2D eigenvalue weighted by Crippen LogP contribution is 2.27. The van der Waals surface area contributed by atoms with Gasteiger partial charge in [0, 0.05) is 12.7 Å². The highest BCUT2D eigenvalue weighted by atomic mass is 35.5. The number of nitrogens with one attached hydrogen (secondary N) is 1. The Morgan fingerprint density at radius 3 is 2.84 bits per heavy atom. The lowest BCUT2D eigenvalue weighted by Gasteiger charge is -2.17. The van der Waals surface area contributed by atoms with Crippen LogP contribution in [0, 0.1) is 0 Å². The van der Waals surface area contributed by atoms with Gasteiger partial charge in [0.15, 0.2) is 5.82 Å². The molecule has 19 heavy (non-hydrogen) atoms. The fraction of sp³-hybridized carbons (Fsp3) is 0.250. The second kappa shape index (κ2) is 5.54. The van der Waals surface area contributed by atoms with Crippen molar-refractivity contribution >= 4 is 34.5 Å². The highest BCUT2D eigenvalue weighted by Gasteiger charge is 2.15. The quantitative estimate of drug-likeness (QED) is 0.847. The van der Waals surface area contributed by atoms with Crippen molar-refractivity contribution < 1.29 is 0 Å². The number of aromatic nitrogens is 3. The first-order chi connectivity index (χ1) is 9.00. The first-order valence-electron chi connectivity index (χ1n) is 5.69. The van der Waals surface area contributed by atoms with Crippen molar-refractivity contribution in [3.8, 4) is 0 Å². The average Bonchev–Trinajstić information content (AvgIpc) is 2.75. The van der Waals surface area contributed by atoms with E-state index in [-0.39, 0.29) is 11.0 Å². The fourth-order valence-corrected chi connectivity index (χ4v) is 2.43. The lowest BCUT2D eigenvalue weighted by atomic mass is 10.1. The van der Waals surface area contributed by atoms with Crippen LogP contribution in [0.25, 0.3) is 0 Å². The molecule has 0 saturated heterocycles. The number of thiocarbonyl (C=S) groups is 1. The van der Waals surface area contributed by atoms with Crippen LogP contribution in [-0.4, -0.2) is 19.8 Å². The van der Waals surface area contributed by atoms with E-state index in [1.165, 1.54) is 0 Å². The minimum atomic E-state index is -0.0425. The maximum Gasteiger partial charge on any atom is 0.154 e. The Hall–Kier alpha value is -1.66. The van der Waals surface area contributed by atoms with Crippen molar-refractivity contribution in [3.63, 3.8) is 0 Å². The average molecular weight is 296 g/mol.